The van der Waals surface area contributed by atoms with Crippen LogP contribution in [0.1, 0.15) is 52.6 Å². The zero-order valence-electron chi connectivity index (χ0n) is 24.1. The average Bonchev–Trinajstić information content (AvgIpc) is 3.18. The first-order valence-corrected chi connectivity index (χ1v) is 14.7. The van der Waals surface area contributed by atoms with Crippen molar-refractivity contribution >= 4 is 52.8 Å². The number of nitrogens with zero attached hydrogens (tertiary/aromatic N) is 6. The normalized spacial score (nSPS) is 12.0. The van der Waals surface area contributed by atoms with E-state index in [1.807, 2.05) is 13.2 Å². The van der Waals surface area contributed by atoms with Crippen molar-refractivity contribution in [2.24, 2.45) is 0 Å². The van der Waals surface area contributed by atoms with Crippen LogP contribution < -0.4 is 16.3 Å². The maximum atomic E-state index is 14.2. The van der Waals surface area contributed by atoms with Crippen molar-refractivity contribution < 1.29 is 22.7 Å². The molecule has 0 fully saturated rings. The Labute approximate surface area is 255 Å². The van der Waals surface area contributed by atoms with Crippen molar-refractivity contribution in [2.75, 3.05) is 30.0 Å². The number of aryl methyl sites for hydroxylation is 1. The van der Waals surface area contributed by atoms with E-state index in [4.69, 9.17) is 27.9 Å². The minimum absolute atomic E-state index is 0.0424. The number of rotatable bonds is 10. The second kappa shape index (κ2) is 15.4. The van der Waals surface area contributed by atoms with Crippen molar-refractivity contribution in [1.29, 1.82) is 0 Å². The number of carbonyl (C=O) groups is 1. The van der Waals surface area contributed by atoms with Crippen molar-refractivity contribution in [3.8, 4) is 5.69 Å². The Balaban J connectivity index is 0.000000330. The molecular weight excluding hydrogens is 620 g/mol. The molecule has 0 aliphatic heterocycles. The van der Waals surface area contributed by atoms with Crippen LogP contribution in [0.25, 0.3) is 5.69 Å². The lowest BCUT2D eigenvalue weighted by molar-refractivity contribution is -0.142. The van der Waals surface area contributed by atoms with Crippen molar-refractivity contribution in [2.45, 2.75) is 70.6 Å². The van der Waals surface area contributed by atoms with E-state index in [-0.39, 0.29) is 45.2 Å². The first-order valence-electron chi connectivity index (χ1n) is 12.7. The van der Waals surface area contributed by atoms with Crippen molar-refractivity contribution in [3.63, 3.8) is 0 Å². The van der Waals surface area contributed by atoms with Gasteiger partial charge in [0.2, 0.25) is 11.9 Å². The minimum Gasteiger partial charge on any atom is -0.465 e. The van der Waals surface area contributed by atoms with E-state index in [1.54, 1.807) is 6.92 Å². The average molecular weight is 654 g/mol. The number of esters is 1. The van der Waals surface area contributed by atoms with Crippen LogP contribution in [0.4, 0.5) is 25.1 Å². The molecule has 3 aromatic rings. The molecule has 11 nitrogen and oxygen atoms in total. The van der Waals surface area contributed by atoms with Crippen LogP contribution in [0, 0.1) is 12.7 Å². The molecule has 2 N–H and O–H groups in total. The number of ether oxygens (including phenoxy) is 1. The number of hydrogen-bond acceptors (Lipinski definition) is 10. The topological polar surface area (TPSA) is 129 Å². The molecule has 1 unspecified atom stereocenters. The smallest absolute Gasteiger partial charge is 0.355 e. The summed E-state index contributed by atoms with van der Waals surface area (Å²) in [5.74, 6) is -0.688. The molecule has 0 amide bonds. The lowest BCUT2D eigenvalue weighted by atomic mass is 10.1. The molecule has 17 heteroatoms. The number of carbonyl (C=O) groups excluding carboxylic acids is 1. The molecule has 0 bridgehead atoms. The molecule has 1 aromatic carbocycles. The van der Waals surface area contributed by atoms with Crippen molar-refractivity contribution in [3.05, 3.63) is 44.8 Å². The Bertz CT molecular complexity index is 1430. The standard InChI is InChI=1S/C15H14Cl2F3N3O3.C10H19N5S/c1-3-26-13(24)10(17)4-8-5-12(11(18)6-9(8)16)23-15(25)22(14(19)20)7(2)21-23;1-6-11-7-12-8(15-10(2,3)4)14-9(13-7)16-5/h5-6,10,14H,3-4H2,1-2H3;6H2,1-5H3,(H2,11,12,13,14,15). The molecule has 0 spiro atoms. The zero-order valence-corrected chi connectivity index (χ0v) is 26.5. The van der Waals surface area contributed by atoms with E-state index in [0.717, 1.165) is 23.8 Å². The van der Waals surface area contributed by atoms with Gasteiger partial charge in [-0.25, -0.2) is 13.8 Å². The van der Waals surface area contributed by atoms with Crippen LogP contribution in [0.15, 0.2) is 22.1 Å². The van der Waals surface area contributed by atoms with E-state index in [2.05, 4.69) is 51.5 Å². The summed E-state index contributed by atoms with van der Waals surface area (Å²) in [6, 6.07) is 2.03. The Kier molecular flexibility index (Phi) is 12.9. The number of halogens is 5. The SMILES string of the molecule is CCNc1nc(NC(C)(C)C)nc(SC)n1.CCOC(=O)C(Cl)Cc1cc(-n2nc(C)n(C(F)F)c2=O)c(F)cc1Cl. The van der Waals surface area contributed by atoms with E-state index in [1.165, 1.54) is 18.7 Å². The summed E-state index contributed by atoms with van der Waals surface area (Å²) in [5.41, 5.74) is -1.42. The van der Waals surface area contributed by atoms with Crippen LogP contribution in [-0.2, 0) is 16.0 Å². The molecule has 0 saturated carbocycles. The van der Waals surface area contributed by atoms with Gasteiger partial charge < -0.3 is 15.4 Å². The van der Waals surface area contributed by atoms with Crippen LogP contribution in [-0.4, -0.2) is 65.6 Å². The Morgan fingerprint density at radius 3 is 2.33 bits per heavy atom. The largest absolute Gasteiger partial charge is 0.465 e. The van der Waals surface area contributed by atoms with Gasteiger partial charge in [0.05, 0.1) is 6.61 Å². The Hall–Kier alpha value is -3.04. The van der Waals surface area contributed by atoms with Gasteiger partial charge >= 0.3 is 18.2 Å². The Morgan fingerprint density at radius 1 is 1.17 bits per heavy atom. The predicted octanol–water partition coefficient (Wildman–Crippen LogP) is 5.48. The molecule has 232 valence electrons. The number of anilines is 2. The first-order chi connectivity index (χ1) is 19.6. The minimum atomic E-state index is -3.12. The molecule has 42 heavy (non-hydrogen) atoms. The van der Waals surface area contributed by atoms with Crippen molar-refractivity contribution in [1.82, 2.24) is 29.3 Å². The fourth-order valence-corrected chi connectivity index (χ4v) is 4.15. The van der Waals surface area contributed by atoms with Gasteiger partial charge in [0.25, 0.3) is 0 Å². The second-order valence-corrected chi connectivity index (χ2v) is 11.3. The second-order valence-electron chi connectivity index (χ2n) is 9.58. The van der Waals surface area contributed by atoms with Gasteiger partial charge in [0, 0.05) is 23.5 Å². The lowest BCUT2D eigenvalue weighted by Crippen LogP contribution is -2.27. The highest BCUT2D eigenvalue weighted by Crippen LogP contribution is 2.25. The maximum absolute atomic E-state index is 14.2. The fraction of sp³-hybridized carbons (Fsp3) is 0.520. The first kappa shape index (κ1) is 35.2. The number of alkyl halides is 3. The molecule has 2 aromatic heterocycles. The van der Waals surface area contributed by atoms with Gasteiger partial charge in [-0.15, -0.1) is 16.7 Å². The fourth-order valence-electron chi connectivity index (χ4n) is 3.34. The third kappa shape index (κ3) is 9.76. The van der Waals surface area contributed by atoms with Gasteiger partial charge in [0.15, 0.2) is 11.0 Å². The van der Waals surface area contributed by atoms with E-state index in [0.29, 0.717) is 16.6 Å². The summed E-state index contributed by atoms with van der Waals surface area (Å²) < 4.78 is 45.5. The summed E-state index contributed by atoms with van der Waals surface area (Å²) in [5, 5.41) is 9.57. The molecule has 0 aliphatic rings. The highest BCUT2D eigenvalue weighted by Gasteiger charge is 2.23. The molecular formula is C25H33Cl2F3N8O3S. The highest BCUT2D eigenvalue weighted by atomic mass is 35.5. The van der Waals surface area contributed by atoms with Gasteiger partial charge in [-0.3, -0.25) is 4.79 Å². The predicted molar refractivity (Wildman–Crippen MR) is 158 cm³/mol. The summed E-state index contributed by atoms with van der Waals surface area (Å²) in [4.78, 5) is 36.6. The zero-order chi connectivity index (χ0) is 31.8. The van der Waals surface area contributed by atoms with E-state index < -0.39 is 29.4 Å². The van der Waals surface area contributed by atoms with Gasteiger partial charge in [-0.2, -0.15) is 28.4 Å². The molecule has 0 aliphatic carbocycles. The van der Waals surface area contributed by atoms with Crippen LogP contribution in [0.2, 0.25) is 5.02 Å². The van der Waals surface area contributed by atoms with E-state index >= 15 is 0 Å². The van der Waals surface area contributed by atoms with Crippen LogP contribution >= 0.6 is 35.0 Å². The summed E-state index contributed by atoms with van der Waals surface area (Å²) in [6.07, 6.45) is 1.84. The van der Waals surface area contributed by atoms with Gasteiger partial charge in [0.1, 0.15) is 16.9 Å². The quantitative estimate of drug-likeness (QED) is 0.165. The number of nitrogens with one attached hydrogen (secondary N) is 2. The maximum Gasteiger partial charge on any atom is 0.355 e. The van der Waals surface area contributed by atoms with Gasteiger partial charge in [-0.1, -0.05) is 23.4 Å². The molecule has 2 heterocycles. The summed E-state index contributed by atoms with van der Waals surface area (Å²) in [7, 11) is 0. The molecule has 0 saturated heterocycles. The molecule has 3 rings (SSSR count). The summed E-state index contributed by atoms with van der Waals surface area (Å²) in [6.45, 7) is 8.83. The third-order valence-electron chi connectivity index (χ3n) is 5.08. The molecule has 1 atom stereocenters. The van der Waals surface area contributed by atoms with Crippen LogP contribution in [0.5, 0.6) is 0 Å². The van der Waals surface area contributed by atoms with Gasteiger partial charge in [-0.05, 0) is 65.5 Å². The third-order valence-corrected chi connectivity index (χ3v) is 6.31. The summed E-state index contributed by atoms with van der Waals surface area (Å²) >= 11 is 13.4. The number of hydrogen-bond donors (Lipinski definition) is 2. The Morgan fingerprint density at radius 2 is 1.81 bits per heavy atom. The number of benzene rings is 1. The monoisotopic (exact) mass is 652 g/mol. The van der Waals surface area contributed by atoms with E-state index in [9.17, 15) is 22.8 Å². The number of aromatic nitrogens is 6. The number of thioether (sulfide) groups is 1. The highest BCUT2D eigenvalue weighted by molar-refractivity contribution is 7.98. The molecule has 0 radical (unpaired) electrons. The van der Waals surface area contributed by atoms with Crippen LogP contribution in [0.3, 0.4) is 0 Å². The lowest BCUT2D eigenvalue weighted by Gasteiger charge is -2.20.